The van der Waals surface area contributed by atoms with E-state index in [1.165, 1.54) is 44.1 Å². The van der Waals surface area contributed by atoms with E-state index in [1.807, 2.05) is 7.05 Å². The Morgan fingerprint density at radius 1 is 1.00 bits per heavy atom. The molecule has 1 N–H and O–H groups in total. The first kappa shape index (κ1) is 19.9. The molecule has 120 valence electrons. The van der Waals surface area contributed by atoms with Crippen LogP contribution in [0.2, 0.25) is 0 Å². The Bertz CT molecular complexity index is 370. The molecule has 0 amide bonds. The van der Waals surface area contributed by atoms with E-state index in [0.29, 0.717) is 6.54 Å². The predicted molar refractivity (Wildman–Crippen MR) is 90.2 cm³/mol. The molecule has 0 saturated carbocycles. The predicted octanol–water partition coefficient (Wildman–Crippen LogP) is 4.01. The number of halogens is 1. The Labute approximate surface area is 134 Å². The largest absolute Gasteiger partial charge is 0.481 e. The first-order chi connectivity index (χ1) is 9.68. The van der Waals surface area contributed by atoms with Gasteiger partial charge in [0.2, 0.25) is 0 Å². The first-order valence-electron chi connectivity index (χ1n) is 7.63. The summed E-state index contributed by atoms with van der Waals surface area (Å²) >= 11 is 0. The van der Waals surface area contributed by atoms with E-state index in [-0.39, 0.29) is 18.8 Å². The van der Waals surface area contributed by atoms with Crippen molar-refractivity contribution >= 4 is 18.4 Å². The number of unbranched alkanes of at least 4 members (excludes halogenated alkanes) is 4. The second-order valence-electron chi connectivity index (χ2n) is 5.45. The van der Waals surface area contributed by atoms with Crippen LogP contribution in [-0.2, 0) is 11.2 Å². The lowest BCUT2D eigenvalue weighted by atomic mass is 10.1. The third kappa shape index (κ3) is 11.3. The molecule has 0 bridgehead atoms. The summed E-state index contributed by atoms with van der Waals surface area (Å²) in [7, 11) is 2.00. The van der Waals surface area contributed by atoms with Crippen molar-refractivity contribution < 1.29 is 9.90 Å². The third-order valence-corrected chi connectivity index (χ3v) is 3.56. The van der Waals surface area contributed by atoms with Crippen LogP contribution in [0.5, 0.6) is 0 Å². The minimum atomic E-state index is -0.710. The fraction of sp³-hybridized carbons (Fsp3) is 0.588. The number of benzene rings is 1. The Hall–Kier alpha value is -1.06. The lowest BCUT2D eigenvalue weighted by Gasteiger charge is -2.14. The van der Waals surface area contributed by atoms with Crippen molar-refractivity contribution in [1.82, 2.24) is 4.90 Å². The van der Waals surface area contributed by atoms with E-state index in [0.717, 1.165) is 6.54 Å². The molecule has 0 aliphatic rings. The van der Waals surface area contributed by atoms with E-state index in [9.17, 15) is 4.79 Å². The molecule has 3 nitrogen and oxygen atoms in total. The highest BCUT2D eigenvalue weighted by Gasteiger charge is 2.01. The van der Waals surface area contributed by atoms with Crippen LogP contribution >= 0.6 is 12.4 Å². The van der Waals surface area contributed by atoms with Crippen molar-refractivity contribution in [3.63, 3.8) is 0 Å². The minimum Gasteiger partial charge on any atom is -0.481 e. The topological polar surface area (TPSA) is 40.5 Å². The lowest BCUT2D eigenvalue weighted by Crippen LogP contribution is -2.22. The van der Waals surface area contributed by atoms with E-state index < -0.39 is 5.97 Å². The number of aryl methyl sites for hydroxylation is 1. The Morgan fingerprint density at radius 2 is 1.62 bits per heavy atom. The standard InChI is InChI=1S/C17H27NO2.ClH/c1-18(15-13-17(19)20)14-9-4-2-3-6-10-16-11-7-5-8-12-16;/h5,7-8,11-12H,2-4,6,9-10,13-15H2,1H3,(H,19,20);1H. The number of aliphatic carboxylic acids is 1. The maximum absolute atomic E-state index is 10.4. The summed E-state index contributed by atoms with van der Waals surface area (Å²) in [5.41, 5.74) is 1.43. The number of rotatable bonds is 11. The minimum absolute atomic E-state index is 0. The molecule has 0 aromatic heterocycles. The number of carbonyl (C=O) groups is 1. The number of hydrogen-bond acceptors (Lipinski definition) is 2. The fourth-order valence-corrected chi connectivity index (χ4v) is 2.28. The van der Waals surface area contributed by atoms with Gasteiger partial charge in [-0.05, 0) is 38.4 Å². The van der Waals surface area contributed by atoms with Crippen molar-refractivity contribution in [2.75, 3.05) is 20.1 Å². The zero-order chi connectivity index (χ0) is 14.6. The summed E-state index contributed by atoms with van der Waals surface area (Å²) in [6.07, 6.45) is 7.66. The summed E-state index contributed by atoms with van der Waals surface area (Å²) in [6, 6.07) is 10.6. The molecule has 4 heteroatoms. The molecule has 1 aromatic rings. The van der Waals surface area contributed by atoms with Crippen molar-refractivity contribution in [1.29, 1.82) is 0 Å². The van der Waals surface area contributed by atoms with Crippen molar-refractivity contribution in [3.8, 4) is 0 Å². The summed E-state index contributed by atoms with van der Waals surface area (Å²) in [6.45, 7) is 1.66. The summed E-state index contributed by atoms with van der Waals surface area (Å²) in [4.78, 5) is 12.6. The van der Waals surface area contributed by atoms with E-state index in [1.54, 1.807) is 0 Å². The Balaban J connectivity index is 0.00000400. The van der Waals surface area contributed by atoms with Gasteiger partial charge in [-0.25, -0.2) is 0 Å². The van der Waals surface area contributed by atoms with Crippen LogP contribution in [0.1, 0.15) is 44.1 Å². The number of hydrogen-bond donors (Lipinski definition) is 1. The number of carboxylic acids is 1. The average Bonchev–Trinajstić information content (AvgIpc) is 2.45. The zero-order valence-corrected chi connectivity index (χ0v) is 13.8. The molecule has 0 aliphatic heterocycles. The molecular formula is C17H28ClNO2. The summed E-state index contributed by atoms with van der Waals surface area (Å²) in [5, 5.41) is 8.60. The quantitative estimate of drug-likeness (QED) is 0.628. The van der Waals surface area contributed by atoms with Crippen LogP contribution in [0.3, 0.4) is 0 Å². The van der Waals surface area contributed by atoms with Gasteiger partial charge >= 0.3 is 5.97 Å². The van der Waals surface area contributed by atoms with Gasteiger partial charge in [-0.3, -0.25) is 4.79 Å². The van der Waals surface area contributed by atoms with Gasteiger partial charge in [0.25, 0.3) is 0 Å². The molecule has 1 aromatic carbocycles. The van der Waals surface area contributed by atoms with Gasteiger partial charge in [0.05, 0.1) is 6.42 Å². The van der Waals surface area contributed by atoms with Crippen LogP contribution in [0, 0.1) is 0 Å². The van der Waals surface area contributed by atoms with Gasteiger partial charge in [-0.15, -0.1) is 12.4 Å². The van der Waals surface area contributed by atoms with E-state index >= 15 is 0 Å². The van der Waals surface area contributed by atoms with Crippen LogP contribution < -0.4 is 0 Å². The zero-order valence-electron chi connectivity index (χ0n) is 13.0. The Morgan fingerprint density at radius 3 is 2.29 bits per heavy atom. The van der Waals surface area contributed by atoms with Crippen LogP contribution in [0.25, 0.3) is 0 Å². The van der Waals surface area contributed by atoms with Gasteiger partial charge in [0, 0.05) is 6.54 Å². The second-order valence-corrected chi connectivity index (χ2v) is 5.45. The van der Waals surface area contributed by atoms with Gasteiger partial charge < -0.3 is 10.0 Å². The SMILES string of the molecule is CN(CCCCCCCc1ccccc1)CCC(=O)O.Cl. The van der Waals surface area contributed by atoms with E-state index in [4.69, 9.17) is 5.11 Å². The monoisotopic (exact) mass is 313 g/mol. The average molecular weight is 314 g/mol. The molecule has 0 fully saturated rings. The van der Waals surface area contributed by atoms with Gasteiger partial charge in [0.1, 0.15) is 0 Å². The second kappa shape index (κ2) is 12.7. The van der Waals surface area contributed by atoms with Crippen molar-refractivity contribution in [3.05, 3.63) is 35.9 Å². The molecule has 0 atom stereocenters. The first-order valence-corrected chi connectivity index (χ1v) is 7.63. The summed E-state index contributed by atoms with van der Waals surface area (Å²) in [5.74, 6) is -0.710. The maximum atomic E-state index is 10.4. The molecule has 0 radical (unpaired) electrons. The fourth-order valence-electron chi connectivity index (χ4n) is 2.28. The summed E-state index contributed by atoms with van der Waals surface area (Å²) < 4.78 is 0. The molecule has 0 unspecified atom stereocenters. The molecule has 0 aliphatic carbocycles. The Kier molecular flexibility index (Phi) is 12.0. The van der Waals surface area contributed by atoms with Crippen LogP contribution in [0.4, 0.5) is 0 Å². The highest BCUT2D eigenvalue weighted by atomic mass is 35.5. The molecule has 0 heterocycles. The normalized spacial score (nSPS) is 10.4. The molecule has 21 heavy (non-hydrogen) atoms. The van der Waals surface area contributed by atoms with Crippen LogP contribution in [0.15, 0.2) is 30.3 Å². The number of nitrogens with zero attached hydrogens (tertiary/aromatic N) is 1. The van der Waals surface area contributed by atoms with Crippen molar-refractivity contribution in [2.24, 2.45) is 0 Å². The molecular weight excluding hydrogens is 286 g/mol. The third-order valence-electron chi connectivity index (χ3n) is 3.56. The van der Waals surface area contributed by atoms with Gasteiger partial charge in [-0.1, -0.05) is 49.6 Å². The highest BCUT2D eigenvalue weighted by Crippen LogP contribution is 2.09. The molecule has 0 spiro atoms. The van der Waals surface area contributed by atoms with Gasteiger partial charge in [0.15, 0.2) is 0 Å². The lowest BCUT2D eigenvalue weighted by molar-refractivity contribution is -0.137. The van der Waals surface area contributed by atoms with Gasteiger partial charge in [-0.2, -0.15) is 0 Å². The van der Waals surface area contributed by atoms with E-state index in [2.05, 4.69) is 35.2 Å². The molecule has 0 saturated heterocycles. The van der Waals surface area contributed by atoms with Crippen molar-refractivity contribution in [2.45, 2.75) is 44.9 Å². The number of carboxylic acid groups (broad SMARTS) is 1. The smallest absolute Gasteiger partial charge is 0.304 e. The molecule has 1 rings (SSSR count). The maximum Gasteiger partial charge on any atom is 0.304 e. The highest BCUT2D eigenvalue weighted by molar-refractivity contribution is 5.85. The van der Waals surface area contributed by atoms with Crippen LogP contribution in [-0.4, -0.2) is 36.1 Å².